The molecule has 2 amide bonds. The second kappa shape index (κ2) is 9.80. The van der Waals surface area contributed by atoms with Crippen molar-refractivity contribution in [1.29, 1.82) is 0 Å². The fourth-order valence-corrected chi connectivity index (χ4v) is 5.36. The quantitative estimate of drug-likeness (QED) is 0.533. The number of fused-ring (bicyclic) bond motifs is 1. The maximum absolute atomic E-state index is 14.0. The molecule has 2 aliphatic rings. The minimum Gasteiger partial charge on any atom is -0.497 e. The highest BCUT2D eigenvalue weighted by molar-refractivity contribution is 6.12. The van der Waals surface area contributed by atoms with Crippen molar-refractivity contribution in [2.24, 2.45) is 0 Å². The van der Waals surface area contributed by atoms with Crippen molar-refractivity contribution in [2.45, 2.75) is 70.5 Å². The summed E-state index contributed by atoms with van der Waals surface area (Å²) in [5.41, 5.74) is 2.92. The summed E-state index contributed by atoms with van der Waals surface area (Å²) in [5.74, 6) is 0.310. The van der Waals surface area contributed by atoms with E-state index in [0.29, 0.717) is 17.1 Å². The summed E-state index contributed by atoms with van der Waals surface area (Å²) in [6.45, 7) is 4.23. The van der Waals surface area contributed by atoms with E-state index < -0.39 is 5.54 Å². The predicted molar refractivity (Wildman–Crippen MR) is 140 cm³/mol. The number of benzene rings is 2. The van der Waals surface area contributed by atoms with Crippen LogP contribution < -0.4 is 15.0 Å². The Bertz CT molecular complexity index is 1240. The third-order valence-electron chi connectivity index (χ3n) is 7.57. The van der Waals surface area contributed by atoms with E-state index in [-0.39, 0.29) is 24.4 Å². The largest absolute Gasteiger partial charge is 0.497 e. The lowest BCUT2D eigenvalue weighted by Gasteiger charge is -2.44. The molecule has 7 heteroatoms. The normalized spacial score (nSPS) is 20.2. The topological polar surface area (TPSA) is 76.5 Å². The molecular weight excluding hydrogens is 452 g/mol. The maximum atomic E-state index is 14.0. The van der Waals surface area contributed by atoms with Crippen LogP contribution in [0.4, 0.5) is 5.69 Å². The van der Waals surface area contributed by atoms with Crippen molar-refractivity contribution in [3.8, 4) is 17.0 Å². The van der Waals surface area contributed by atoms with Gasteiger partial charge in [0, 0.05) is 17.3 Å². The summed E-state index contributed by atoms with van der Waals surface area (Å²) in [4.78, 5) is 29.4. The minimum absolute atomic E-state index is 0.141. The molecule has 1 aliphatic carbocycles. The molecule has 5 rings (SSSR count). The Hall–Kier alpha value is -3.61. The van der Waals surface area contributed by atoms with Gasteiger partial charge < -0.3 is 10.1 Å². The molecule has 1 atom stereocenters. The van der Waals surface area contributed by atoms with Gasteiger partial charge in [-0.15, -0.1) is 0 Å². The highest BCUT2D eigenvalue weighted by atomic mass is 16.5. The maximum Gasteiger partial charge on any atom is 0.277 e. The molecule has 1 N–H and O–H groups in total. The number of nitrogens with one attached hydrogen (secondary N) is 1. The van der Waals surface area contributed by atoms with Crippen LogP contribution in [0.25, 0.3) is 11.3 Å². The highest BCUT2D eigenvalue weighted by Crippen LogP contribution is 2.35. The lowest BCUT2D eigenvalue weighted by atomic mass is 9.91. The van der Waals surface area contributed by atoms with Crippen LogP contribution in [0, 0.1) is 0 Å². The molecule has 0 saturated heterocycles. The Morgan fingerprint density at radius 3 is 2.42 bits per heavy atom. The number of amides is 2. The molecule has 2 heterocycles. The van der Waals surface area contributed by atoms with Crippen LogP contribution in [0.3, 0.4) is 0 Å². The summed E-state index contributed by atoms with van der Waals surface area (Å²) in [6, 6.07) is 17.5. The lowest BCUT2D eigenvalue weighted by molar-refractivity contribution is -0.127. The van der Waals surface area contributed by atoms with Crippen molar-refractivity contribution in [1.82, 2.24) is 15.1 Å². The molecule has 2 aromatic carbocycles. The monoisotopic (exact) mass is 486 g/mol. The molecule has 1 fully saturated rings. The number of aromatic nitrogens is 2. The number of methoxy groups -OCH3 is 1. The van der Waals surface area contributed by atoms with Gasteiger partial charge in [-0.25, -0.2) is 0 Å². The third kappa shape index (κ3) is 4.38. The smallest absolute Gasteiger partial charge is 0.277 e. The van der Waals surface area contributed by atoms with E-state index in [0.717, 1.165) is 43.4 Å². The van der Waals surface area contributed by atoms with Gasteiger partial charge in [-0.1, -0.05) is 50.5 Å². The first kappa shape index (κ1) is 24.1. The minimum atomic E-state index is -1.13. The van der Waals surface area contributed by atoms with Gasteiger partial charge in [-0.3, -0.25) is 19.2 Å². The van der Waals surface area contributed by atoms with Gasteiger partial charge in [-0.2, -0.15) is 5.10 Å². The second-order valence-corrected chi connectivity index (χ2v) is 10.0. The molecule has 1 saturated carbocycles. The molecule has 1 aliphatic heterocycles. The molecule has 0 radical (unpaired) electrons. The van der Waals surface area contributed by atoms with E-state index in [1.54, 1.807) is 16.7 Å². The Morgan fingerprint density at radius 2 is 1.78 bits per heavy atom. The zero-order valence-electron chi connectivity index (χ0n) is 21.3. The number of hydrogen-bond donors (Lipinski definition) is 1. The first-order chi connectivity index (χ1) is 17.4. The molecule has 0 spiro atoms. The summed E-state index contributed by atoms with van der Waals surface area (Å²) < 4.78 is 7.01. The Morgan fingerprint density at radius 1 is 1.08 bits per heavy atom. The van der Waals surface area contributed by atoms with Crippen LogP contribution in [0.5, 0.6) is 5.75 Å². The average Bonchev–Trinajstić information content (AvgIpc) is 3.33. The van der Waals surface area contributed by atoms with Crippen LogP contribution in [0.1, 0.15) is 62.0 Å². The van der Waals surface area contributed by atoms with E-state index in [2.05, 4.69) is 24.4 Å². The van der Waals surface area contributed by atoms with E-state index in [1.165, 1.54) is 12.0 Å². The van der Waals surface area contributed by atoms with Crippen molar-refractivity contribution in [2.75, 3.05) is 12.0 Å². The molecule has 3 aromatic rings. The van der Waals surface area contributed by atoms with Gasteiger partial charge in [0.1, 0.15) is 17.0 Å². The standard InChI is InChI=1S/C29H34N4O3/c1-4-20-10-12-21(13-11-20)25-18-26-27(34)33(23-14-16-24(36-3)17-15-23)29(2,19-32(26)31-25)28(35)30-22-8-6-5-7-9-22/h10-18,22H,4-9,19H2,1-3H3,(H,30,35)/t29-/m1/s1. The highest BCUT2D eigenvalue weighted by Gasteiger charge is 2.49. The zero-order valence-corrected chi connectivity index (χ0v) is 21.3. The summed E-state index contributed by atoms with van der Waals surface area (Å²) >= 11 is 0. The SMILES string of the molecule is CCc1ccc(-c2cc3n(n2)C[C@](C)(C(=O)NC2CCCCC2)N(c2ccc(OC)cc2)C3=O)cc1. The average molecular weight is 487 g/mol. The second-order valence-electron chi connectivity index (χ2n) is 10.0. The van der Waals surface area contributed by atoms with Gasteiger partial charge in [0.25, 0.3) is 5.91 Å². The van der Waals surface area contributed by atoms with E-state index in [4.69, 9.17) is 9.84 Å². The predicted octanol–water partition coefficient (Wildman–Crippen LogP) is 4.99. The van der Waals surface area contributed by atoms with Crippen molar-refractivity contribution < 1.29 is 14.3 Å². The Kier molecular flexibility index (Phi) is 6.56. The van der Waals surface area contributed by atoms with Crippen LogP contribution in [-0.2, 0) is 17.8 Å². The van der Waals surface area contributed by atoms with E-state index in [1.807, 2.05) is 49.4 Å². The Balaban J connectivity index is 1.53. The number of rotatable bonds is 6. The molecule has 1 aromatic heterocycles. The molecule has 188 valence electrons. The first-order valence-corrected chi connectivity index (χ1v) is 12.9. The fraction of sp³-hybridized carbons (Fsp3) is 0.414. The van der Waals surface area contributed by atoms with E-state index in [9.17, 15) is 9.59 Å². The van der Waals surface area contributed by atoms with Gasteiger partial charge in [0.05, 0.1) is 19.3 Å². The zero-order chi connectivity index (χ0) is 25.3. The van der Waals surface area contributed by atoms with Crippen LogP contribution >= 0.6 is 0 Å². The molecule has 36 heavy (non-hydrogen) atoms. The molecule has 7 nitrogen and oxygen atoms in total. The van der Waals surface area contributed by atoms with E-state index >= 15 is 0 Å². The first-order valence-electron chi connectivity index (χ1n) is 12.9. The van der Waals surface area contributed by atoms with Crippen molar-refractivity contribution >= 4 is 17.5 Å². The van der Waals surface area contributed by atoms with Crippen LogP contribution in [0.2, 0.25) is 0 Å². The molecule has 0 unspecified atom stereocenters. The van der Waals surface area contributed by atoms with Gasteiger partial charge >= 0.3 is 0 Å². The summed E-state index contributed by atoms with van der Waals surface area (Å²) in [6.07, 6.45) is 6.35. The van der Waals surface area contributed by atoms with Crippen LogP contribution in [0.15, 0.2) is 54.6 Å². The Labute approximate surface area is 212 Å². The molecular formula is C29H34N4O3. The van der Waals surface area contributed by atoms with Gasteiger partial charge in [0.15, 0.2) is 0 Å². The summed E-state index contributed by atoms with van der Waals surface area (Å²) in [7, 11) is 1.61. The van der Waals surface area contributed by atoms with Crippen molar-refractivity contribution in [3.63, 3.8) is 0 Å². The number of hydrogen-bond acceptors (Lipinski definition) is 4. The number of carbonyl (C=O) groups is 2. The number of carbonyl (C=O) groups excluding carboxylic acids is 2. The fourth-order valence-electron chi connectivity index (χ4n) is 5.36. The number of anilines is 1. The van der Waals surface area contributed by atoms with Gasteiger partial charge in [-0.05, 0) is 62.1 Å². The lowest BCUT2D eigenvalue weighted by Crippen LogP contribution is -2.65. The van der Waals surface area contributed by atoms with Gasteiger partial charge in [0.2, 0.25) is 5.91 Å². The summed E-state index contributed by atoms with van der Waals surface area (Å²) in [5, 5.41) is 8.03. The molecule has 0 bridgehead atoms. The van der Waals surface area contributed by atoms with Crippen molar-refractivity contribution in [3.05, 3.63) is 65.9 Å². The number of ether oxygens (including phenoxy) is 1. The number of nitrogens with zero attached hydrogens (tertiary/aromatic N) is 3. The number of aryl methyl sites for hydroxylation is 1. The third-order valence-corrected chi connectivity index (χ3v) is 7.57. The van der Waals surface area contributed by atoms with Crippen LogP contribution in [-0.4, -0.2) is 40.3 Å².